The molecule has 0 amide bonds. The molecule has 2 rings (SSSR count). The Labute approximate surface area is 153 Å². The fourth-order valence-corrected chi connectivity index (χ4v) is 3.54. The molecule has 1 aromatic heterocycles. The number of nitro groups is 1. The van der Waals surface area contributed by atoms with Crippen LogP contribution in [-0.4, -0.2) is 54.2 Å². The highest BCUT2D eigenvalue weighted by atomic mass is 32.2. The number of furan rings is 1. The fraction of sp³-hybridized carbons (Fsp3) is 0.647. The third-order valence-electron chi connectivity index (χ3n) is 3.91. The van der Waals surface area contributed by atoms with Gasteiger partial charge in [-0.1, -0.05) is 0 Å². The van der Waals surface area contributed by atoms with E-state index in [1.165, 1.54) is 6.42 Å². The minimum absolute atomic E-state index is 0.376. The van der Waals surface area contributed by atoms with E-state index in [0.29, 0.717) is 12.4 Å². The van der Waals surface area contributed by atoms with Crippen LogP contribution >= 0.6 is 11.8 Å². The van der Waals surface area contributed by atoms with E-state index in [2.05, 4.69) is 15.1 Å². The van der Waals surface area contributed by atoms with Gasteiger partial charge in [-0.05, 0) is 45.5 Å². The summed E-state index contributed by atoms with van der Waals surface area (Å²) >= 11 is 1.76. The summed E-state index contributed by atoms with van der Waals surface area (Å²) in [6.45, 7) is 3.28. The van der Waals surface area contributed by atoms with Gasteiger partial charge >= 0.3 is 0 Å². The third-order valence-corrected chi connectivity index (χ3v) is 4.89. The minimum atomic E-state index is -0.376. The molecule has 0 aromatic carbocycles. The Morgan fingerprint density at radius 1 is 1.36 bits per heavy atom. The second-order valence-corrected chi connectivity index (χ2v) is 7.54. The maximum absolute atomic E-state index is 10.8. The number of likely N-dealkylation sites (tertiary alicyclic amines) is 1. The third kappa shape index (κ3) is 7.39. The van der Waals surface area contributed by atoms with Crippen molar-refractivity contribution in [3.63, 3.8) is 0 Å². The Kier molecular flexibility index (Phi) is 8.14. The van der Waals surface area contributed by atoms with Crippen molar-refractivity contribution in [3.05, 3.63) is 45.8 Å². The lowest BCUT2D eigenvalue weighted by Gasteiger charge is -2.29. The predicted octanol–water partition coefficient (Wildman–Crippen LogP) is 2.73. The van der Waals surface area contributed by atoms with Gasteiger partial charge in [-0.25, -0.2) is 0 Å². The highest BCUT2D eigenvalue weighted by molar-refractivity contribution is 7.98. The van der Waals surface area contributed by atoms with Gasteiger partial charge < -0.3 is 19.5 Å². The Hall–Kier alpha value is -1.67. The first kappa shape index (κ1) is 19.7. The zero-order chi connectivity index (χ0) is 18.1. The summed E-state index contributed by atoms with van der Waals surface area (Å²) in [6, 6.07) is 4.04. The monoisotopic (exact) mass is 368 g/mol. The smallest absolute Gasteiger partial charge is 0.274 e. The van der Waals surface area contributed by atoms with E-state index in [1.807, 2.05) is 26.2 Å². The SMILES string of the molecule is CN(C)Cc1ccc(CSCCN/C(=C/[N+](=O)[O-])N2CCCCC2)o1. The van der Waals surface area contributed by atoms with Crippen molar-refractivity contribution in [1.29, 1.82) is 0 Å². The molecule has 1 aromatic rings. The maximum atomic E-state index is 10.8. The molecule has 1 aliphatic rings. The van der Waals surface area contributed by atoms with Crippen molar-refractivity contribution in [2.24, 2.45) is 0 Å². The van der Waals surface area contributed by atoms with Crippen molar-refractivity contribution >= 4 is 11.8 Å². The largest absolute Gasteiger partial charge is 0.464 e. The molecule has 140 valence electrons. The summed E-state index contributed by atoms with van der Waals surface area (Å²) in [5.74, 6) is 4.26. The molecule has 0 spiro atoms. The number of piperidine rings is 1. The van der Waals surface area contributed by atoms with Gasteiger partial charge in [0.1, 0.15) is 11.5 Å². The molecular weight excluding hydrogens is 340 g/mol. The summed E-state index contributed by atoms with van der Waals surface area (Å²) in [6.07, 6.45) is 4.49. The van der Waals surface area contributed by atoms with E-state index in [0.717, 1.165) is 61.7 Å². The van der Waals surface area contributed by atoms with Gasteiger partial charge in [0, 0.05) is 25.4 Å². The molecular formula is C17H28N4O3S. The maximum Gasteiger partial charge on any atom is 0.274 e. The zero-order valence-corrected chi connectivity index (χ0v) is 15.9. The molecule has 0 atom stereocenters. The lowest BCUT2D eigenvalue weighted by molar-refractivity contribution is -0.404. The second kappa shape index (κ2) is 10.4. The van der Waals surface area contributed by atoms with Gasteiger partial charge in [0.05, 0.1) is 17.2 Å². The molecule has 0 radical (unpaired) electrons. The van der Waals surface area contributed by atoms with E-state index in [4.69, 9.17) is 4.42 Å². The van der Waals surface area contributed by atoms with Crippen molar-refractivity contribution in [2.75, 3.05) is 39.5 Å². The van der Waals surface area contributed by atoms with Crippen molar-refractivity contribution < 1.29 is 9.34 Å². The van der Waals surface area contributed by atoms with Crippen LogP contribution in [0.3, 0.4) is 0 Å². The predicted molar refractivity (Wildman–Crippen MR) is 101 cm³/mol. The summed E-state index contributed by atoms with van der Waals surface area (Å²) in [5.41, 5.74) is 0. The molecule has 1 aliphatic heterocycles. The van der Waals surface area contributed by atoms with Gasteiger partial charge in [-0.15, -0.1) is 0 Å². The van der Waals surface area contributed by atoms with Gasteiger partial charge in [-0.2, -0.15) is 11.8 Å². The number of thioether (sulfide) groups is 1. The Balaban J connectivity index is 1.71. The van der Waals surface area contributed by atoms with Crippen LogP contribution in [0.2, 0.25) is 0 Å². The number of nitrogens with one attached hydrogen (secondary N) is 1. The van der Waals surface area contributed by atoms with Gasteiger partial charge in [0.2, 0.25) is 0 Å². The van der Waals surface area contributed by atoms with Gasteiger partial charge in [0.25, 0.3) is 6.20 Å². The van der Waals surface area contributed by atoms with E-state index in [1.54, 1.807) is 11.8 Å². The summed E-state index contributed by atoms with van der Waals surface area (Å²) in [4.78, 5) is 14.6. The van der Waals surface area contributed by atoms with Crippen LogP contribution in [0.25, 0.3) is 0 Å². The first-order valence-electron chi connectivity index (χ1n) is 8.69. The van der Waals surface area contributed by atoms with Crippen LogP contribution in [0.15, 0.2) is 28.6 Å². The highest BCUT2D eigenvalue weighted by Gasteiger charge is 2.16. The number of hydrogen-bond acceptors (Lipinski definition) is 7. The van der Waals surface area contributed by atoms with Crippen LogP contribution in [0.1, 0.15) is 30.8 Å². The molecule has 0 aliphatic carbocycles. The van der Waals surface area contributed by atoms with E-state index >= 15 is 0 Å². The Morgan fingerprint density at radius 3 is 2.76 bits per heavy atom. The molecule has 8 heteroatoms. The van der Waals surface area contributed by atoms with E-state index < -0.39 is 0 Å². The Morgan fingerprint density at radius 2 is 2.08 bits per heavy atom. The lowest BCUT2D eigenvalue weighted by atomic mass is 10.1. The van der Waals surface area contributed by atoms with Crippen molar-refractivity contribution in [3.8, 4) is 0 Å². The molecule has 0 unspecified atom stereocenters. The summed E-state index contributed by atoms with van der Waals surface area (Å²) in [5, 5.41) is 14.1. The van der Waals surface area contributed by atoms with Crippen LogP contribution in [0, 0.1) is 10.1 Å². The second-order valence-electron chi connectivity index (χ2n) is 6.43. The molecule has 7 nitrogen and oxygen atoms in total. The average Bonchev–Trinajstić information content (AvgIpc) is 3.00. The van der Waals surface area contributed by atoms with Crippen LogP contribution < -0.4 is 5.32 Å². The topological polar surface area (TPSA) is 74.8 Å². The first-order valence-corrected chi connectivity index (χ1v) is 9.84. The van der Waals surface area contributed by atoms with Gasteiger partial charge in [-0.3, -0.25) is 10.1 Å². The molecule has 0 bridgehead atoms. The fourth-order valence-electron chi connectivity index (χ4n) is 2.79. The van der Waals surface area contributed by atoms with Crippen molar-refractivity contribution in [2.45, 2.75) is 31.6 Å². The Bertz CT molecular complexity index is 568. The molecule has 1 fully saturated rings. The number of rotatable bonds is 10. The normalized spacial score (nSPS) is 15.6. The quantitative estimate of drug-likeness (QED) is 0.387. The molecule has 25 heavy (non-hydrogen) atoms. The van der Waals surface area contributed by atoms with Crippen LogP contribution in [0.4, 0.5) is 0 Å². The molecule has 1 N–H and O–H groups in total. The van der Waals surface area contributed by atoms with E-state index in [-0.39, 0.29) is 4.92 Å². The van der Waals surface area contributed by atoms with Crippen molar-refractivity contribution in [1.82, 2.24) is 15.1 Å². The van der Waals surface area contributed by atoms with Gasteiger partial charge in [0.15, 0.2) is 5.82 Å². The molecule has 0 saturated carbocycles. The number of nitrogens with zero attached hydrogens (tertiary/aromatic N) is 3. The average molecular weight is 369 g/mol. The number of hydrogen-bond donors (Lipinski definition) is 1. The minimum Gasteiger partial charge on any atom is -0.464 e. The van der Waals surface area contributed by atoms with E-state index in [9.17, 15) is 10.1 Å². The molecule has 1 saturated heterocycles. The summed E-state index contributed by atoms with van der Waals surface area (Å²) in [7, 11) is 4.03. The zero-order valence-electron chi connectivity index (χ0n) is 15.1. The standard InChI is InChI=1S/C17H28N4O3S/c1-19(2)12-15-6-7-16(24-15)14-25-11-8-18-17(13-21(22)23)20-9-4-3-5-10-20/h6-7,13,18H,3-5,8-12,14H2,1-2H3/b17-13-. The first-order chi connectivity index (χ1) is 12.0. The van der Waals surface area contributed by atoms with Crippen LogP contribution in [0.5, 0.6) is 0 Å². The molecule has 2 heterocycles. The van der Waals surface area contributed by atoms with Crippen LogP contribution in [-0.2, 0) is 12.3 Å². The summed E-state index contributed by atoms with van der Waals surface area (Å²) < 4.78 is 5.78. The lowest BCUT2D eigenvalue weighted by Crippen LogP contribution is -2.37. The highest BCUT2D eigenvalue weighted by Crippen LogP contribution is 2.17.